The van der Waals surface area contributed by atoms with Crippen LogP contribution in [0.15, 0.2) is 24.3 Å². The number of nitrogens with two attached hydrogens (primary N) is 1. The Labute approximate surface area is 67.6 Å². The molecule has 0 saturated heterocycles. The molecule has 12 heavy (non-hydrogen) atoms. The molecule has 1 aromatic carbocycles. The minimum Gasteiger partial charge on any atom is -0.412 e. The molecule has 1 aromatic rings. The van der Waals surface area contributed by atoms with Gasteiger partial charge in [0, 0.05) is 0 Å². The van der Waals surface area contributed by atoms with Gasteiger partial charge in [0.1, 0.15) is 11.5 Å². The fourth-order valence-corrected chi connectivity index (χ4v) is 0.665. The summed E-state index contributed by atoms with van der Waals surface area (Å²) in [4.78, 5) is 18.3. The van der Waals surface area contributed by atoms with Crippen LogP contribution in [0.4, 0.5) is 0 Å². The normalized spacial score (nSPS) is 9.08. The highest BCUT2D eigenvalue weighted by atomic mass is 17.0. The Balaban J connectivity index is 2.71. The van der Waals surface area contributed by atoms with Crippen molar-refractivity contribution in [2.75, 3.05) is 0 Å². The van der Waals surface area contributed by atoms with Gasteiger partial charge < -0.3 is 4.84 Å². The van der Waals surface area contributed by atoms with E-state index in [0.29, 0.717) is 5.75 Å². The van der Waals surface area contributed by atoms with Crippen LogP contribution in [0, 0.1) is 10.1 Å². The van der Waals surface area contributed by atoms with Crippen molar-refractivity contribution < 1.29 is 14.8 Å². The molecule has 0 amide bonds. The zero-order valence-electron chi connectivity index (χ0n) is 5.97. The van der Waals surface area contributed by atoms with Crippen LogP contribution in [0.1, 0.15) is 0 Å². The molecule has 0 saturated carbocycles. The van der Waals surface area contributed by atoms with Gasteiger partial charge in [0.15, 0.2) is 0 Å². The van der Waals surface area contributed by atoms with Crippen LogP contribution < -0.4 is 15.6 Å². The molecule has 0 atom stereocenters. The average Bonchev–Trinajstić information content (AvgIpc) is 2.05. The van der Waals surface area contributed by atoms with Crippen LogP contribution in [0.5, 0.6) is 11.5 Å². The predicted octanol–water partition coefficient (Wildman–Crippen LogP) is 0.510. The molecule has 1 rings (SSSR count). The molecule has 6 heteroatoms. The smallest absolute Gasteiger partial charge is 0.299 e. The molecule has 0 unspecified atom stereocenters. The second-order valence-electron chi connectivity index (χ2n) is 1.90. The third-order valence-corrected chi connectivity index (χ3v) is 1.14. The van der Waals surface area contributed by atoms with E-state index < -0.39 is 5.09 Å². The molecule has 0 bridgehead atoms. The quantitative estimate of drug-likeness (QED) is 0.527. The molecule has 64 valence electrons. The van der Waals surface area contributed by atoms with Crippen molar-refractivity contribution in [1.82, 2.24) is 0 Å². The van der Waals surface area contributed by atoms with Crippen molar-refractivity contribution >= 4 is 0 Å². The third kappa shape index (κ3) is 2.10. The van der Waals surface area contributed by atoms with E-state index in [1.807, 2.05) is 0 Å². The second kappa shape index (κ2) is 3.54. The molecule has 2 N–H and O–H groups in total. The molecule has 0 radical (unpaired) electrons. The van der Waals surface area contributed by atoms with E-state index in [9.17, 15) is 10.1 Å². The highest BCUT2D eigenvalue weighted by Crippen LogP contribution is 2.16. The van der Waals surface area contributed by atoms with Crippen molar-refractivity contribution in [1.29, 1.82) is 0 Å². The number of nitrogens with zero attached hydrogens (tertiary/aromatic N) is 1. The van der Waals surface area contributed by atoms with E-state index in [4.69, 9.17) is 5.90 Å². The molecule has 0 aliphatic rings. The first-order valence-corrected chi connectivity index (χ1v) is 3.01. The van der Waals surface area contributed by atoms with Gasteiger partial charge in [-0.15, -0.1) is 10.1 Å². The lowest BCUT2D eigenvalue weighted by molar-refractivity contribution is -0.711. The summed E-state index contributed by atoms with van der Waals surface area (Å²) >= 11 is 0. The number of hydrogen-bond donors (Lipinski definition) is 1. The molecule has 0 spiro atoms. The van der Waals surface area contributed by atoms with Crippen LogP contribution >= 0.6 is 0 Å². The summed E-state index contributed by atoms with van der Waals surface area (Å²) < 4.78 is 0. The topological polar surface area (TPSA) is 87.6 Å². The van der Waals surface area contributed by atoms with Crippen molar-refractivity contribution in [3.8, 4) is 11.5 Å². The van der Waals surface area contributed by atoms with Gasteiger partial charge in [0.25, 0.3) is 5.09 Å². The van der Waals surface area contributed by atoms with E-state index in [1.54, 1.807) is 0 Å². The Bertz CT molecular complexity index is 271. The van der Waals surface area contributed by atoms with Crippen LogP contribution in [0.25, 0.3) is 0 Å². The van der Waals surface area contributed by atoms with Gasteiger partial charge in [-0.3, -0.25) is 4.84 Å². The van der Waals surface area contributed by atoms with Crippen LogP contribution in [0.3, 0.4) is 0 Å². The van der Waals surface area contributed by atoms with Gasteiger partial charge in [-0.25, -0.2) is 0 Å². The highest BCUT2D eigenvalue weighted by Gasteiger charge is 1.98. The van der Waals surface area contributed by atoms with Crippen LogP contribution in [-0.4, -0.2) is 5.09 Å². The van der Waals surface area contributed by atoms with E-state index >= 15 is 0 Å². The molecule has 0 aliphatic heterocycles. The van der Waals surface area contributed by atoms with Crippen molar-refractivity contribution in [2.45, 2.75) is 0 Å². The lowest BCUT2D eigenvalue weighted by Gasteiger charge is -1.99. The molecule has 0 heterocycles. The largest absolute Gasteiger partial charge is 0.412 e. The monoisotopic (exact) mass is 170 g/mol. The first-order chi connectivity index (χ1) is 5.72. The van der Waals surface area contributed by atoms with Crippen molar-refractivity contribution in [2.24, 2.45) is 5.90 Å². The second-order valence-corrected chi connectivity index (χ2v) is 1.90. The first kappa shape index (κ1) is 8.28. The lowest BCUT2D eigenvalue weighted by Crippen LogP contribution is -2.04. The summed E-state index contributed by atoms with van der Waals surface area (Å²) in [5.74, 6) is 5.36. The van der Waals surface area contributed by atoms with Crippen molar-refractivity contribution in [3.63, 3.8) is 0 Å². The Morgan fingerprint density at radius 1 is 1.25 bits per heavy atom. The zero-order valence-corrected chi connectivity index (χ0v) is 5.97. The highest BCUT2D eigenvalue weighted by molar-refractivity contribution is 5.30. The van der Waals surface area contributed by atoms with E-state index in [1.165, 1.54) is 24.3 Å². The minimum absolute atomic E-state index is 0.126. The Morgan fingerprint density at radius 3 is 2.17 bits per heavy atom. The molecule has 0 aromatic heterocycles. The summed E-state index contributed by atoms with van der Waals surface area (Å²) in [6.45, 7) is 0. The number of hydrogen-bond acceptors (Lipinski definition) is 5. The third-order valence-electron chi connectivity index (χ3n) is 1.14. The molecular formula is C6H6N2O4. The summed E-state index contributed by atoms with van der Waals surface area (Å²) in [6.07, 6.45) is 0. The summed E-state index contributed by atoms with van der Waals surface area (Å²) in [5, 5.41) is 8.96. The molecule has 0 fully saturated rings. The summed E-state index contributed by atoms with van der Waals surface area (Å²) in [6, 6.07) is 5.67. The predicted molar refractivity (Wildman–Crippen MR) is 38.9 cm³/mol. The van der Waals surface area contributed by atoms with Gasteiger partial charge in [0.2, 0.25) is 0 Å². The standard InChI is InChI=1S/C6H6N2O4/c7-11-5-1-3-6(4-2-5)12-8(9)10/h1-4H,7H2. The van der Waals surface area contributed by atoms with Crippen LogP contribution in [0.2, 0.25) is 0 Å². The van der Waals surface area contributed by atoms with Gasteiger partial charge >= 0.3 is 0 Å². The summed E-state index contributed by atoms with van der Waals surface area (Å²) in [7, 11) is 0. The minimum atomic E-state index is -0.891. The Hall–Kier alpha value is -1.82. The maximum Gasteiger partial charge on any atom is 0.299 e. The average molecular weight is 170 g/mol. The van der Waals surface area contributed by atoms with Crippen molar-refractivity contribution in [3.05, 3.63) is 34.4 Å². The molecule has 0 aliphatic carbocycles. The maximum absolute atomic E-state index is 9.85. The zero-order chi connectivity index (χ0) is 8.97. The van der Waals surface area contributed by atoms with Gasteiger partial charge in [-0.05, 0) is 24.3 Å². The van der Waals surface area contributed by atoms with Gasteiger partial charge in [-0.1, -0.05) is 0 Å². The Kier molecular flexibility index (Phi) is 2.44. The molecule has 6 nitrogen and oxygen atoms in total. The van der Waals surface area contributed by atoms with Gasteiger partial charge in [-0.2, -0.15) is 5.90 Å². The number of benzene rings is 1. The van der Waals surface area contributed by atoms with Gasteiger partial charge in [0.05, 0.1) is 0 Å². The lowest BCUT2D eigenvalue weighted by atomic mass is 10.3. The van der Waals surface area contributed by atoms with Crippen LogP contribution in [-0.2, 0) is 0 Å². The fourth-order valence-electron chi connectivity index (χ4n) is 0.665. The SMILES string of the molecule is NOc1ccc(O[N+](=O)[O-])cc1. The maximum atomic E-state index is 9.85. The molecular weight excluding hydrogens is 164 g/mol. The van der Waals surface area contributed by atoms with E-state index in [2.05, 4.69) is 9.68 Å². The Morgan fingerprint density at radius 2 is 1.75 bits per heavy atom. The van der Waals surface area contributed by atoms with E-state index in [-0.39, 0.29) is 5.75 Å². The first-order valence-electron chi connectivity index (χ1n) is 3.01. The fraction of sp³-hybridized carbons (Fsp3) is 0. The summed E-state index contributed by atoms with van der Waals surface area (Å²) in [5.41, 5.74) is 0. The number of rotatable bonds is 3. The van der Waals surface area contributed by atoms with E-state index in [0.717, 1.165) is 0 Å².